The highest BCUT2D eigenvalue weighted by molar-refractivity contribution is 6.05. The third-order valence-corrected chi connectivity index (χ3v) is 7.80. The number of aryl methyl sites for hydroxylation is 1. The van der Waals surface area contributed by atoms with Crippen LogP contribution in [0.4, 0.5) is 0 Å². The predicted molar refractivity (Wildman–Crippen MR) is 130 cm³/mol. The number of piperidine rings is 1. The number of hydrogen-bond donors (Lipinski definition) is 2. The van der Waals surface area contributed by atoms with Crippen molar-refractivity contribution in [3.05, 3.63) is 70.8 Å². The average molecular weight is 460 g/mol. The minimum atomic E-state index is -0.567. The summed E-state index contributed by atoms with van der Waals surface area (Å²) in [6.45, 7) is 1.20. The van der Waals surface area contributed by atoms with Crippen molar-refractivity contribution in [2.45, 2.75) is 82.5 Å². The van der Waals surface area contributed by atoms with E-state index in [4.69, 9.17) is 0 Å². The molecule has 1 atom stereocenters. The largest absolute Gasteiger partial charge is 0.322 e. The number of carbonyl (C=O) groups is 3. The summed E-state index contributed by atoms with van der Waals surface area (Å²) < 4.78 is 0. The van der Waals surface area contributed by atoms with Crippen molar-refractivity contribution in [1.29, 1.82) is 0 Å². The Kier molecular flexibility index (Phi) is 6.50. The first-order valence-corrected chi connectivity index (χ1v) is 12.6. The van der Waals surface area contributed by atoms with Gasteiger partial charge in [-0.05, 0) is 54.9 Å². The molecule has 2 aromatic rings. The van der Waals surface area contributed by atoms with Crippen molar-refractivity contribution in [3.8, 4) is 0 Å². The van der Waals surface area contributed by atoms with Gasteiger partial charge in [0.1, 0.15) is 6.04 Å². The van der Waals surface area contributed by atoms with Gasteiger partial charge in [0.25, 0.3) is 5.91 Å². The molecule has 6 heteroatoms. The van der Waals surface area contributed by atoms with Crippen LogP contribution in [-0.2, 0) is 29.1 Å². The van der Waals surface area contributed by atoms with E-state index in [-0.39, 0.29) is 29.7 Å². The van der Waals surface area contributed by atoms with Crippen LogP contribution in [0, 0.1) is 0 Å². The van der Waals surface area contributed by atoms with E-state index < -0.39 is 6.04 Å². The van der Waals surface area contributed by atoms with E-state index >= 15 is 0 Å². The summed E-state index contributed by atoms with van der Waals surface area (Å²) in [6.07, 6.45) is 9.12. The molecule has 6 nitrogen and oxygen atoms in total. The van der Waals surface area contributed by atoms with Crippen LogP contribution < -0.4 is 10.6 Å². The number of imide groups is 1. The van der Waals surface area contributed by atoms with Crippen molar-refractivity contribution in [2.24, 2.45) is 0 Å². The highest BCUT2D eigenvalue weighted by Crippen LogP contribution is 2.33. The molecule has 1 saturated carbocycles. The number of hydrogen-bond acceptors (Lipinski definition) is 4. The molecular formula is C28H33N3O3. The molecule has 2 aromatic carbocycles. The zero-order chi connectivity index (χ0) is 23.5. The second-order valence-corrected chi connectivity index (χ2v) is 10.1. The number of fused-ring (bicyclic) bond motifs is 1. The van der Waals surface area contributed by atoms with Crippen LogP contribution >= 0.6 is 0 Å². The van der Waals surface area contributed by atoms with Gasteiger partial charge in [-0.15, -0.1) is 0 Å². The average Bonchev–Trinajstić information content (AvgIpc) is 3.18. The van der Waals surface area contributed by atoms with Gasteiger partial charge >= 0.3 is 0 Å². The van der Waals surface area contributed by atoms with Crippen LogP contribution in [0.2, 0.25) is 0 Å². The third-order valence-electron chi connectivity index (χ3n) is 7.80. The van der Waals surface area contributed by atoms with Crippen LogP contribution in [0.1, 0.15) is 78.4 Å². The Hall–Kier alpha value is -2.99. The number of amides is 3. The van der Waals surface area contributed by atoms with Crippen LogP contribution in [0.15, 0.2) is 48.5 Å². The number of nitrogens with zero attached hydrogens (tertiary/aromatic N) is 1. The number of carbonyl (C=O) groups excluding carboxylic acids is 3. The summed E-state index contributed by atoms with van der Waals surface area (Å²) in [5.41, 5.74) is 4.35. The Morgan fingerprint density at radius 3 is 2.53 bits per heavy atom. The van der Waals surface area contributed by atoms with Gasteiger partial charge in [-0.1, -0.05) is 61.7 Å². The minimum Gasteiger partial charge on any atom is -0.322 e. The lowest BCUT2D eigenvalue weighted by atomic mass is 9.77. The van der Waals surface area contributed by atoms with Gasteiger partial charge in [-0.25, -0.2) is 0 Å². The van der Waals surface area contributed by atoms with Gasteiger partial charge in [0.05, 0.1) is 0 Å². The molecule has 3 amide bonds. The van der Waals surface area contributed by atoms with Crippen molar-refractivity contribution >= 4 is 17.7 Å². The van der Waals surface area contributed by atoms with Crippen molar-refractivity contribution in [3.63, 3.8) is 0 Å². The van der Waals surface area contributed by atoms with Crippen molar-refractivity contribution in [2.75, 3.05) is 0 Å². The molecular weight excluding hydrogens is 426 g/mol. The van der Waals surface area contributed by atoms with E-state index in [0.717, 1.165) is 24.9 Å². The highest BCUT2D eigenvalue weighted by Gasteiger charge is 2.39. The normalized spacial score (nSPS) is 21.9. The van der Waals surface area contributed by atoms with Crippen LogP contribution in [0.25, 0.3) is 0 Å². The second kappa shape index (κ2) is 9.71. The number of benzene rings is 2. The standard InChI is InChI=1S/C28H33N3O3/c32-25-12-11-24(26(33)30-25)31-19-22-17-21(9-10-23(22)27(31)34)18-29-28(14-5-2-6-15-28)16-13-20-7-3-1-4-8-20/h1,3-4,7-10,17,24,29H,2,5-6,11-16,18-19H2,(H,30,32,33). The van der Waals surface area contributed by atoms with Crippen LogP contribution in [0.5, 0.6) is 0 Å². The maximum atomic E-state index is 13.0. The summed E-state index contributed by atoms with van der Waals surface area (Å²) in [5, 5.41) is 6.28. The van der Waals surface area contributed by atoms with Gasteiger partial charge in [-0.3, -0.25) is 19.7 Å². The first-order chi connectivity index (χ1) is 16.5. The van der Waals surface area contributed by atoms with E-state index in [1.165, 1.54) is 43.2 Å². The lowest BCUT2D eigenvalue weighted by molar-refractivity contribution is -0.136. The molecule has 2 fully saturated rings. The van der Waals surface area contributed by atoms with E-state index in [1.54, 1.807) is 4.90 Å². The topological polar surface area (TPSA) is 78.5 Å². The monoisotopic (exact) mass is 459 g/mol. The molecule has 2 aliphatic heterocycles. The zero-order valence-electron chi connectivity index (χ0n) is 19.6. The maximum absolute atomic E-state index is 13.0. The lowest BCUT2D eigenvalue weighted by Crippen LogP contribution is -2.52. The van der Waals surface area contributed by atoms with Crippen LogP contribution in [0.3, 0.4) is 0 Å². The highest BCUT2D eigenvalue weighted by atomic mass is 16.2. The van der Waals surface area contributed by atoms with Crippen molar-refractivity contribution in [1.82, 2.24) is 15.5 Å². The molecule has 2 heterocycles. The first kappa shape index (κ1) is 22.8. The third kappa shape index (κ3) is 4.78. The molecule has 1 aliphatic carbocycles. The summed E-state index contributed by atoms with van der Waals surface area (Å²) >= 11 is 0. The van der Waals surface area contributed by atoms with E-state index in [0.29, 0.717) is 18.5 Å². The summed E-state index contributed by atoms with van der Waals surface area (Å²) in [4.78, 5) is 38.4. The van der Waals surface area contributed by atoms with Gasteiger partial charge < -0.3 is 10.2 Å². The smallest absolute Gasteiger partial charge is 0.255 e. The van der Waals surface area contributed by atoms with Gasteiger partial charge in [-0.2, -0.15) is 0 Å². The van der Waals surface area contributed by atoms with Crippen LogP contribution in [-0.4, -0.2) is 34.2 Å². The number of rotatable bonds is 7. The second-order valence-electron chi connectivity index (χ2n) is 10.1. The molecule has 0 spiro atoms. The summed E-state index contributed by atoms with van der Waals surface area (Å²) in [6, 6.07) is 16.2. The first-order valence-electron chi connectivity index (χ1n) is 12.6. The summed E-state index contributed by atoms with van der Waals surface area (Å²) in [7, 11) is 0. The van der Waals surface area contributed by atoms with Crippen molar-refractivity contribution < 1.29 is 14.4 Å². The Morgan fingerprint density at radius 2 is 1.76 bits per heavy atom. The van der Waals surface area contributed by atoms with Gasteiger partial charge in [0, 0.05) is 30.6 Å². The quantitative estimate of drug-likeness (QED) is 0.616. The Morgan fingerprint density at radius 1 is 0.971 bits per heavy atom. The van der Waals surface area contributed by atoms with E-state index in [9.17, 15) is 14.4 Å². The summed E-state index contributed by atoms with van der Waals surface area (Å²) in [5.74, 6) is -0.741. The molecule has 3 aliphatic rings. The Labute approximate surface area is 201 Å². The Bertz CT molecular complexity index is 1080. The Balaban J connectivity index is 1.25. The number of nitrogens with one attached hydrogen (secondary N) is 2. The molecule has 178 valence electrons. The SMILES string of the molecule is O=C1CCC(N2Cc3cc(CNC4(CCc5ccccc5)CCCCC4)ccc3C2=O)C(=O)N1. The van der Waals surface area contributed by atoms with Gasteiger partial charge in [0.2, 0.25) is 11.8 Å². The molecule has 34 heavy (non-hydrogen) atoms. The van der Waals surface area contributed by atoms with E-state index in [2.05, 4.69) is 47.0 Å². The van der Waals surface area contributed by atoms with E-state index in [1.807, 2.05) is 12.1 Å². The molecule has 2 N–H and O–H groups in total. The molecule has 0 aromatic heterocycles. The molecule has 0 bridgehead atoms. The molecule has 5 rings (SSSR count). The minimum absolute atomic E-state index is 0.115. The zero-order valence-corrected chi connectivity index (χ0v) is 19.6. The fourth-order valence-corrected chi connectivity index (χ4v) is 5.80. The lowest BCUT2D eigenvalue weighted by Gasteiger charge is -2.39. The molecule has 1 unspecified atom stereocenters. The predicted octanol–water partition coefficient (Wildman–Crippen LogP) is 3.87. The fourth-order valence-electron chi connectivity index (χ4n) is 5.80. The van der Waals surface area contributed by atoms with Gasteiger partial charge in [0.15, 0.2) is 0 Å². The fraction of sp³-hybridized carbons (Fsp3) is 0.464. The molecule has 0 radical (unpaired) electrons. The molecule has 1 saturated heterocycles. The maximum Gasteiger partial charge on any atom is 0.255 e.